The Morgan fingerprint density at radius 2 is 2.15 bits per heavy atom. The third-order valence-electron chi connectivity index (χ3n) is 4.56. The molecule has 1 aliphatic rings. The van der Waals surface area contributed by atoms with Gasteiger partial charge in [0.2, 0.25) is 11.7 Å². The molecule has 1 aromatic carbocycles. The van der Waals surface area contributed by atoms with Crippen LogP contribution in [0.25, 0.3) is 11.4 Å². The first-order valence-corrected chi connectivity index (χ1v) is 8.76. The van der Waals surface area contributed by atoms with Crippen molar-refractivity contribution in [3.05, 3.63) is 53.2 Å². The van der Waals surface area contributed by atoms with E-state index in [-0.39, 0.29) is 5.91 Å². The van der Waals surface area contributed by atoms with Crippen LogP contribution in [0.4, 0.5) is 0 Å². The molecule has 0 spiro atoms. The van der Waals surface area contributed by atoms with Crippen molar-refractivity contribution in [3.8, 4) is 11.4 Å². The minimum absolute atomic E-state index is 0.199. The Morgan fingerprint density at radius 1 is 1.35 bits per heavy atom. The highest BCUT2D eigenvalue weighted by molar-refractivity contribution is 5.92. The molecule has 2 heterocycles. The summed E-state index contributed by atoms with van der Waals surface area (Å²) in [5.41, 5.74) is 3.54. The summed E-state index contributed by atoms with van der Waals surface area (Å²) in [4.78, 5) is 17.0. The number of amides is 1. The predicted molar refractivity (Wildman–Crippen MR) is 95.5 cm³/mol. The number of aromatic nitrogens is 4. The average Bonchev–Trinajstić information content (AvgIpc) is 3.20. The van der Waals surface area contributed by atoms with Crippen LogP contribution in [-0.4, -0.2) is 25.8 Å². The molecular formula is C19H21N5O2. The summed E-state index contributed by atoms with van der Waals surface area (Å²) in [5, 5.41) is 11.4. The van der Waals surface area contributed by atoms with Gasteiger partial charge in [-0.3, -0.25) is 9.48 Å². The van der Waals surface area contributed by atoms with Crippen LogP contribution in [0, 0.1) is 6.92 Å². The first-order chi connectivity index (χ1) is 12.5. The SMILES string of the molecule is Cc1cccc(-c2noc([C@H](C)NC(=O)c3cc(C4CC4)nn3C)n2)c1. The van der Waals surface area contributed by atoms with Gasteiger partial charge in [-0.15, -0.1) is 0 Å². The van der Waals surface area contributed by atoms with Crippen LogP contribution in [-0.2, 0) is 7.05 Å². The summed E-state index contributed by atoms with van der Waals surface area (Å²) < 4.78 is 6.97. The number of hydrogen-bond donors (Lipinski definition) is 1. The molecule has 0 bridgehead atoms. The quantitative estimate of drug-likeness (QED) is 0.763. The minimum atomic E-state index is -0.396. The van der Waals surface area contributed by atoms with E-state index in [4.69, 9.17) is 4.52 Å². The highest BCUT2D eigenvalue weighted by atomic mass is 16.5. The second kappa shape index (κ2) is 6.40. The molecule has 4 rings (SSSR count). The number of nitrogens with one attached hydrogen (secondary N) is 1. The highest BCUT2D eigenvalue weighted by Crippen LogP contribution is 2.39. The first-order valence-electron chi connectivity index (χ1n) is 8.76. The van der Waals surface area contributed by atoms with E-state index < -0.39 is 6.04 Å². The molecule has 1 saturated carbocycles. The summed E-state index contributed by atoms with van der Waals surface area (Å²) >= 11 is 0. The van der Waals surface area contributed by atoms with E-state index in [1.165, 1.54) is 0 Å². The van der Waals surface area contributed by atoms with E-state index in [0.717, 1.165) is 29.7 Å². The lowest BCUT2D eigenvalue weighted by molar-refractivity contribution is 0.0923. The van der Waals surface area contributed by atoms with Crippen LogP contribution in [0.5, 0.6) is 0 Å². The minimum Gasteiger partial charge on any atom is -0.339 e. The van der Waals surface area contributed by atoms with Crippen LogP contribution in [0.15, 0.2) is 34.9 Å². The number of nitrogens with zero attached hydrogens (tertiary/aromatic N) is 4. The molecule has 1 amide bonds. The van der Waals surface area contributed by atoms with E-state index in [1.54, 1.807) is 11.7 Å². The van der Waals surface area contributed by atoms with Crippen molar-refractivity contribution >= 4 is 5.91 Å². The van der Waals surface area contributed by atoms with Gasteiger partial charge in [-0.25, -0.2) is 0 Å². The van der Waals surface area contributed by atoms with Gasteiger partial charge in [-0.05, 0) is 38.8 Å². The molecule has 0 aliphatic heterocycles. The normalized spacial score (nSPS) is 15.0. The van der Waals surface area contributed by atoms with E-state index >= 15 is 0 Å². The Morgan fingerprint density at radius 3 is 2.88 bits per heavy atom. The second-order valence-corrected chi connectivity index (χ2v) is 6.87. The molecule has 1 aliphatic carbocycles. The lowest BCUT2D eigenvalue weighted by Crippen LogP contribution is -2.28. The van der Waals surface area contributed by atoms with Gasteiger partial charge in [0.1, 0.15) is 11.7 Å². The first kappa shape index (κ1) is 16.5. The smallest absolute Gasteiger partial charge is 0.270 e. The van der Waals surface area contributed by atoms with Gasteiger partial charge < -0.3 is 9.84 Å². The van der Waals surface area contributed by atoms with E-state index in [9.17, 15) is 4.79 Å². The third-order valence-corrected chi connectivity index (χ3v) is 4.56. The van der Waals surface area contributed by atoms with Crippen molar-refractivity contribution in [2.24, 2.45) is 7.05 Å². The van der Waals surface area contributed by atoms with Crippen LogP contribution in [0.1, 0.15) is 59.4 Å². The molecule has 3 aromatic rings. The molecule has 134 valence electrons. The number of aryl methyl sites for hydroxylation is 2. The second-order valence-electron chi connectivity index (χ2n) is 6.87. The fraction of sp³-hybridized carbons (Fsp3) is 0.368. The zero-order chi connectivity index (χ0) is 18.3. The van der Waals surface area contributed by atoms with Gasteiger partial charge >= 0.3 is 0 Å². The maximum Gasteiger partial charge on any atom is 0.270 e. The largest absolute Gasteiger partial charge is 0.339 e. The molecule has 1 atom stereocenters. The molecule has 1 fully saturated rings. The Balaban J connectivity index is 1.48. The average molecular weight is 351 g/mol. The lowest BCUT2D eigenvalue weighted by Gasteiger charge is -2.09. The van der Waals surface area contributed by atoms with Crippen LogP contribution < -0.4 is 5.32 Å². The number of carbonyl (C=O) groups excluding carboxylic acids is 1. The van der Waals surface area contributed by atoms with E-state index in [0.29, 0.717) is 23.3 Å². The Labute approximate surface area is 151 Å². The zero-order valence-corrected chi connectivity index (χ0v) is 15.1. The summed E-state index contributed by atoms with van der Waals surface area (Å²) in [6.07, 6.45) is 2.30. The number of benzene rings is 1. The Hall–Kier alpha value is -2.96. The maximum absolute atomic E-state index is 12.6. The van der Waals surface area contributed by atoms with Gasteiger partial charge in [0.05, 0.1) is 5.69 Å². The predicted octanol–water partition coefficient (Wildman–Crippen LogP) is 3.15. The molecule has 0 radical (unpaired) electrons. The third kappa shape index (κ3) is 3.24. The van der Waals surface area contributed by atoms with Gasteiger partial charge in [0, 0.05) is 18.5 Å². The van der Waals surface area contributed by atoms with Crippen molar-refractivity contribution in [3.63, 3.8) is 0 Å². The van der Waals surface area contributed by atoms with Crippen molar-refractivity contribution in [2.75, 3.05) is 0 Å². The van der Waals surface area contributed by atoms with Gasteiger partial charge in [0.25, 0.3) is 5.91 Å². The topological polar surface area (TPSA) is 85.8 Å². The van der Waals surface area contributed by atoms with Gasteiger partial charge in [-0.2, -0.15) is 10.1 Å². The standard InChI is InChI=1S/C19H21N5O2/c1-11-5-4-6-14(9-11)17-21-19(26-23-17)12(2)20-18(25)16-10-15(13-7-8-13)22-24(16)3/h4-6,9-10,12-13H,7-8H2,1-3H3,(H,20,25)/t12-/m0/s1. The highest BCUT2D eigenvalue weighted by Gasteiger charge is 2.28. The van der Waals surface area contributed by atoms with Gasteiger partial charge in [-0.1, -0.05) is 28.9 Å². The van der Waals surface area contributed by atoms with Crippen molar-refractivity contribution in [1.82, 2.24) is 25.2 Å². The maximum atomic E-state index is 12.6. The number of hydrogen-bond acceptors (Lipinski definition) is 5. The molecule has 0 unspecified atom stereocenters. The lowest BCUT2D eigenvalue weighted by atomic mass is 10.1. The van der Waals surface area contributed by atoms with Crippen molar-refractivity contribution in [1.29, 1.82) is 0 Å². The molecule has 2 aromatic heterocycles. The van der Waals surface area contributed by atoms with Gasteiger partial charge in [0.15, 0.2) is 0 Å². The molecule has 0 saturated heterocycles. The molecule has 7 heteroatoms. The summed E-state index contributed by atoms with van der Waals surface area (Å²) in [6.45, 7) is 3.83. The van der Waals surface area contributed by atoms with Crippen molar-refractivity contribution < 1.29 is 9.32 Å². The monoisotopic (exact) mass is 351 g/mol. The molecule has 1 N–H and O–H groups in total. The molecule has 7 nitrogen and oxygen atoms in total. The van der Waals surface area contributed by atoms with Crippen LogP contribution in [0.3, 0.4) is 0 Å². The van der Waals surface area contributed by atoms with E-state index in [1.807, 2.05) is 44.2 Å². The Kier molecular flexibility index (Phi) is 4.06. The zero-order valence-electron chi connectivity index (χ0n) is 15.1. The fourth-order valence-electron chi connectivity index (χ4n) is 2.93. The summed E-state index contributed by atoms with van der Waals surface area (Å²) in [7, 11) is 1.79. The summed E-state index contributed by atoms with van der Waals surface area (Å²) in [5.74, 6) is 1.20. The van der Waals surface area contributed by atoms with E-state index in [2.05, 4.69) is 20.6 Å². The number of rotatable bonds is 5. The summed E-state index contributed by atoms with van der Waals surface area (Å²) in [6, 6.07) is 9.36. The molecular weight excluding hydrogens is 330 g/mol. The van der Waals surface area contributed by atoms with Crippen molar-refractivity contribution in [2.45, 2.75) is 38.6 Å². The fourth-order valence-corrected chi connectivity index (χ4v) is 2.93. The van der Waals surface area contributed by atoms with Crippen LogP contribution >= 0.6 is 0 Å². The Bertz CT molecular complexity index is 955. The number of carbonyl (C=O) groups is 1. The van der Waals surface area contributed by atoms with Crippen LogP contribution in [0.2, 0.25) is 0 Å². The molecule has 26 heavy (non-hydrogen) atoms.